The molecule has 0 bridgehead atoms. The van der Waals surface area contributed by atoms with E-state index in [0.29, 0.717) is 5.56 Å². The Kier molecular flexibility index (Phi) is 3.02. The number of fused-ring (bicyclic) bond motifs is 1. The van der Waals surface area contributed by atoms with Crippen LogP contribution in [-0.2, 0) is 4.74 Å². The molecule has 1 aromatic carbocycles. The Morgan fingerprint density at radius 3 is 2.60 bits per heavy atom. The van der Waals surface area contributed by atoms with Gasteiger partial charge in [0.2, 0.25) is 0 Å². The Morgan fingerprint density at radius 1 is 1.25 bits per heavy atom. The number of carbonyl (C=O) groups is 3. The minimum Gasteiger partial charge on any atom is -0.460 e. The lowest BCUT2D eigenvalue weighted by molar-refractivity contribution is 0.0433. The Balaban J connectivity index is 1.89. The van der Waals surface area contributed by atoms with Crippen molar-refractivity contribution in [2.24, 2.45) is 0 Å². The molecular weight excluding hydrogens is 262 g/mol. The summed E-state index contributed by atoms with van der Waals surface area (Å²) in [7, 11) is 0. The van der Waals surface area contributed by atoms with Gasteiger partial charge in [0.05, 0.1) is 23.3 Å². The summed E-state index contributed by atoms with van der Waals surface area (Å²) < 4.78 is 4.79. The highest BCUT2D eigenvalue weighted by molar-refractivity contribution is 6.22. The van der Waals surface area contributed by atoms with Gasteiger partial charge in [-0.2, -0.15) is 0 Å². The van der Waals surface area contributed by atoms with Crippen LogP contribution in [0.5, 0.6) is 0 Å². The minimum absolute atomic E-state index is 0.00666. The average molecular weight is 275 g/mol. The van der Waals surface area contributed by atoms with Crippen molar-refractivity contribution in [1.82, 2.24) is 4.90 Å². The quantitative estimate of drug-likeness (QED) is 0.642. The maximum Gasteiger partial charge on any atom is 0.338 e. The first-order valence-corrected chi connectivity index (χ1v) is 6.43. The molecule has 1 heterocycles. The van der Waals surface area contributed by atoms with Crippen LogP contribution in [0.25, 0.3) is 0 Å². The van der Waals surface area contributed by atoms with Crippen molar-refractivity contribution in [3.8, 4) is 0 Å². The van der Waals surface area contributed by atoms with E-state index >= 15 is 0 Å². The van der Waals surface area contributed by atoms with Gasteiger partial charge in [-0.25, -0.2) is 4.79 Å². The van der Waals surface area contributed by atoms with Crippen LogP contribution in [0.2, 0.25) is 0 Å². The Bertz CT molecular complexity index is 606. The van der Waals surface area contributed by atoms with E-state index in [4.69, 9.17) is 9.84 Å². The molecule has 2 amide bonds. The molecule has 1 aliphatic carbocycles. The van der Waals surface area contributed by atoms with Gasteiger partial charge in [-0.05, 0) is 31.0 Å². The molecule has 0 aromatic heterocycles. The van der Waals surface area contributed by atoms with Gasteiger partial charge in [0.1, 0.15) is 6.61 Å². The monoisotopic (exact) mass is 275 g/mol. The topological polar surface area (TPSA) is 83.9 Å². The van der Waals surface area contributed by atoms with E-state index in [1.807, 2.05) is 0 Å². The molecule has 1 aromatic rings. The number of amides is 2. The Hall–Kier alpha value is -2.21. The number of rotatable bonds is 4. The van der Waals surface area contributed by atoms with Crippen molar-refractivity contribution < 1.29 is 24.2 Å². The van der Waals surface area contributed by atoms with Gasteiger partial charge < -0.3 is 9.84 Å². The summed E-state index contributed by atoms with van der Waals surface area (Å²) in [6, 6.07) is 4.33. The average Bonchev–Trinajstić information content (AvgIpc) is 3.25. The summed E-state index contributed by atoms with van der Waals surface area (Å²) in [4.78, 5) is 37.2. The third-order valence-electron chi connectivity index (χ3n) is 3.39. The van der Waals surface area contributed by atoms with Crippen molar-refractivity contribution >= 4 is 17.8 Å². The van der Waals surface area contributed by atoms with E-state index in [1.165, 1.54) is 23.1 Å². The van der Waals surface area contributed by atoms with Gasteiger partial charge in [0.25, 0.3) is 11.8 Å². The molecule has 1 fully saturated rings. The highest BCUT2D eigenvalue weighted by Crippen LogP contribution is 2.34. The molecule has 2 aliphatic rings. The Labute approximate surface area is 114 Å². The summed E-state index contributed by atoms with van der Waals surface area (Å²) in [5, 5.41) is 8.61. The number of benzene rings is 1. The predicted molar refractivity (Wildman–Crippen MR) is 67.3 cm³/mol. The standard InChI is InChI=1S/C14H13NO5/c16-5-6-20-14(19)8-1-4-10-11(7-8)13(18)15(12(10)17)9-2-3-9/h1,4,7,9,16H,2-3,5-6H2. The predicted octanol–water partition coefficient (Wildman–Crippen LogP) is 0.594. The maximum atomic E-state index is 12.2. The lowest BCUT2D eigenvalue weighted by atomic mass is 10.1. The fraction of sp³-hybridized carbons (Fsp3) is 0.357. The van der Waals surface area contributed by atoms with Gasteiger partial charge in [-0.15, -0.1) is 0 Å². The number of hydrogen-bond acceptors (Lipinski definition) is 5. The van der Waals surface area contributed by atoms with Gasteiger partial charge in [0.15, 0.2) is 0 Å². The van der Waals surface area contributed by atoms with Crippen LogP contribution < -0.4 is 0 Å². The van der Waals surface area contributed by atoms with Gasteiger partial charge >= 0.3 is 5.97 Å². The Morgan fingerprint density at radius 2 is 1.95 bits per heavy atom. The van der Waals surface area contributed by atoms with Crippen molar-refractivity contribution in [2.45, 2.75) is 18.9 Å². The molecule has 20 heavy (non-hydrogen) atoms. The van der Waals surface area contributed by atoms with Crippen molar-refractivity contribution in [2.75, 3.05) is 13.2 Å². The molecule has 1 aliphatic heterocycles. The number of hydrogen-bond donors (Lipinski definition) is 1. The first-order chi connectivity index (χ1) is 9.63. The molecule has 0 radical (unpaired) electrons. The second kappa shape index (κ2) is 4.72. The molecule has 3 rings (SSSR count). The molecule has 6 nitrogen and oxygen atoms in total. The third-order valence-corrected chi connectivity index (χ3v) is 3.39. The van der Waals surface area contributed by atoms with E-state index in [0.717, 1.165) is 12.8 Å². The fourth-order valence-corrected chi connectivity index (χ4v) is 2.27. The SMILES string of the molecule is O=C(OCCO)c1ccc2c(c1)C(=O)N(C1CC1)C2=O. The second-order valence-corrected chi connectivity index (χ2v) is 4.83. The maximum absolute atomic E-state index is 12.2. The van der Waals surface area contributed by atoms with Crippen LogP contribution in [0.3, 0.4) is 0 Å². The summed E-state index contributed by atoms with van der Waals surface area (Å²) in [5.41, 5.74) is 0.789. The van der Waals surface area contributed by atoms with Crippen LogP contribution in [0.4, 0.5) is 0 Å². The molecule has 1 saturated carbocycles. The normalized spacial score (nSPS) is 17.4. The van der Waals surface area contributed by atoms with E-state index in [-0.39, 0.29) is 42.2 Å². The molecule has 104 valence electrons. The molecular formula is C14H13NO5. The number of esters is 1. The van der Waals surface area contributed by atoms with Gasteiger partial charge in [-0.1, -0.05) is 0 Å². The van der Waals surface area contributed by atoms with Crippen molar-refractivity contribution in [3.05, 3.63) is 34.9 Å². The second-order valence-electron chi connectivity index (χ2n) is 4.83. The van der Waals surface area contributed by atoms with Crippen LogP contribution in [0.1, 0.15) is 43.9 Å². The number of aliphatic hydroxyl groups is 1. The lowest BCUT2D eigenvalue weighted by Gasteiger charge is -2.11. The van der Waals surface area contributed by atoms with E-state index in [2.05, 4.69) is 0 Å². The third kappa shape index (κ3) is 1.98. The summed E-state index contributed by atoms with van der Waals surface area (Å²) in [5.74, 6) is -1.25. The highest BCUT2D eigenvalue weighted by atomic mass is 16.5. The van der Waals surface area contributed by atoms with Crippen molar-refractivity contribution in [1.29, 1.82) is 0 Å². The van der Waals surface area contributed by atoms with Crippen LogP contribution in [0, 0.1) is 0 Å². The zero-order valence-electron chi connectivity index (χ0n) is 10.7. The molecule has 0 spiro atoms. The number of aliphatic hydroxyl groups excluding tert-OH is 1. The number of ether oxygens (including phenoxy) is 1. The summed E-state index contributed by atoms with van der Waals surface area (Å²) in [6.07, 6.45) is 1.69. The van der Waals surface area contributed by atoms with Gasteiger partial charge in [0, 0.05) is 6.04 Å². The largest absolute Gasteiger partial charge is 0.460 e. The zero-order chi connectivity index (χ0) is 14.3. The first kappa shape index (κ1) is 12.8. The summed E-state index contributed by atoms with van der Waals surface area (Å²) in [6.45, 7) is -0.361. The smallest absolute Gasteiger partial charge is 0.338 e. The molecule has 0 saturated heterocycles. The molecule has 1 N–H and O–H groups in total. The van der Waals surface area contributed by atoms with E-state index in [9.17, 15) is 14.4 Å². The lowest BCUT2D eigenvalue weighted by Crippen LogP contribution is -2.31. The molecule has 0 atom stereocenters. The molecule has 6 heteroatoms. The number of nitrogens with zero attached hydrogens (tertiary/aromatic N) is 1. The fourth-order valence-electron chi connectivity index (χ4n) is 2.27. The number of carbonyl (C=O) groups excluding carboxylic acids is 3. The number of imide groups is 1. The van der Waals surface area contributed by atoms with Gasteiger partial charge in [-0.3, -0.25) is 14.5 Å². The minimum atomic E-state index is -0.619. The van der Waals surface area contributed by atoms with Crippen molar-refractivity contribution in [3.63, 3.8) is 0 Å². The van der Waals surface area contributed by atoms with Crippen LogP contribution in [0.15, 0.2) is 18.2 Å². The van der Waals surface area contributed by atoms with E-state index in [1.54, 1.807) is 0 Å². The molecule has 0 unspecified atom stereocenters. The van der Waals surface area contributed by atoms with Crippen LogP contribution in [-0.4, -0.2) is 47.0 Å². The van der Waals surface area contributed by atoms with Crippen LogP contribution >= 0.6 is 0 Å². The zero-order valence-corrected chi connectivity index (χ0v) is 10.7. The summed E-state index contributed by atoms with van der Waals surface area (Å²) >= 11 is 0. The first-order valence-electron chi connectivity index (χ1n) is 6.43. The highest BCUT2D eigenvalue weighted by Gasteiger charge is 2.44. The van der Waals surface area contributed by atoms with E-state index < -0.39 is 5.97 Å².